The Balaban J connectivity index is 1.60. The molecule has 1 saturated carbocycles. The van der Waals surface area contributed by atoms with Crippen molar-refractivity contribution in [2.45, 2.75) is 56.5 Å². The minimum Gasteiger partial charge on any atom is -0.347 e. The van der Waals surface area contributed by atoms with Crippen LogP contribution in [0, 0.1) is 0 Å². The van der Waals surface area contributed by atoms with E-state index < -0.39 is 17.5 Å². The van der Waals surface area contributed by atoms with Gasteiger partial charge in [-0.3, -0.25) is 24.7 Å². The smallest absolute Gasteiger partial charge is 0.344 e. The number of hydrazine groups is 1. The first-order chi connectivity index (χ1) is 12.3. The van der Waals surface area contributed by atoms with Crippen LogP contribution in [0.3, 0.4) is 0 Å². The second-order valence-electron chi connectivity index (χ2n) is 7.61. The van der Waals surface area contributed by atoms with E-state index in [4.69, 9.17) is 0 Å². The van der Waals surface area contributed by atoms with E-state index in [0.717, 1.165) is 30.7 Å². The fourth-order valence-electron chi connectivity index (χ4n) is 4.15. The number of amides is 5. The van der Waals surface area contributed by atoms with Gasteiger partial charge in [0.25, 0.3) is 11.8 Å². The fourth-order valence-corrected chi connectivity index (χ4v) is 4.15. The summed E-state index contributed by atoms with van der Waals surface area (Å²) in [5, 5.41) is 3.57. The monoisotopic (exact) mass is 365 g/mol. The van der Waals surface area contributed by atoms with Crippen LogP contribution in [0.5, 0.6) is 0 Å². The van der Waals surface area contributed by atoms with Gasteiger partial charge in [-0.1, -0.05) is 19.3 Å². The zero-order valence-electron chi connectivity index (χ0n) is 15.4. The predicted molar refractivity (Wildman–Crippen MR) is 92.6 cm³/mol. The van der Waals surface area contributed by atoms with Crippen molar-refractivity contribution >= 4 is 23.8 Å². The molecule has 3 fully saturated rings. The van der Waals surface area contributed by atoms with Gasteiger partial charge in [0.1, 0.15) is 5.54 Å². The van der Waals surface area contributed by atoms with Gasteiger partial charge in [0, 0.05) is 14.1 Å². The molecule has 1 spiro atoms. The summed E-state index contributed by atoms with van der Waals surface area (Å²) in [6.07, 6.45) is 5.57. The van der Waals surface area contributed by atoms with Crippen molar-refractivity contribution in [3.8, 4) is 0 Å². The summed E-state index contributed by atoms with van der Waals surface area (Å²) in [5.74, 6) is -0.871. The molecular weight excluding hydrogens is 338 g/mol. The molecule has 1 unspecified atom stereocenters. The molecule has 144 valence electrons. The molecule has 26 heavy (non-hydrogen) atoms. The van der Waals surface area contributed by atoms with Gasteiger partial charge in [0.05, 0.1) is 12.6 Å². The molecule has 2 aliphatic heterocycles. The molecule has 2 heterocycles. The lowest BCUT2D eigenvalue weighted by molar-refractivity contribution is -0.141. The third kappa shape index (κ3) is 3.40. The first-order valence-corrected chi connectivity index (χ1v) is 9.25. The number of nitrogens with one attached hydrogen (secondary N) is 2. The number of urea groups is 1. The Kier molecular flexibility index (Phi) is 5.17. The van der Waals surface area contributed by atoms with Gasteiger partial charge in [-0.05, 0) is 32.2 Å². The summed E-state index contributed by atoms with van der Waals surface area (Å²) < 4.78 is 0. The Hall–Kier alpha value is -2.16. The number of hydrogen-bond donors (Lipinski definition) is 2. The quantitative estimate of drug-likeness (QED) is 0.673. The van der Waals surface area contributed by atoms with Gasteiger partial charge in [0.15, 0.2) is 0 Å². The highest BCUT2D eigenvalue weighted by molar-refractivity contribution is 6.08. The van der Waals surface area contributed by atoms with Gasteiger partial charge in [-0.15, -0.1) is 0 Å². The van der Waals surface area contributed by atoms with E-state index >= 15 is 0 Å². The molecule has 9 heteroatoms. The Morgan fingerprint density at radius 1 is 1.19 bits per heavy atom. The van der Waals surface area contributed by atoms with Crippen LogP contribution in [0.1, 0.15) is 44.9 Å². The summed E-state index contributed by atoms with van der Waals surface area (Å²) >= 11 is 0. The average Bonchev–Trinajstić information content (AvgIpc) is 3.14. The predicted octanol–water partition coefficient (Wildman–Crippen LogP) is -0.175. The lowest BCUT2D eigenvalue weighted by atomic mass is 9.82. The number of likely N-dealkylation sites (tertiary alicyclic amines) is 1. The normalized spacial score (nSPS) is 25.5. The van der Waals surface area contributed by atoms with Gasteiger partial charge < -0.3 is 10.2 Å². The third-order valence-electron chi connectivity index (χ3n) is 5.54. The summed E-state index contributed by atoms with van der Waals surface area (Å²) in [6.45, 7) is 0.621. The van der Waals surface area contributed by atoms with Gasteiger partial charge >= 0.3 is 6.03 Å². The van der Waals surface area contributed by atoms with Gasteiger partial charge in [-0.2, -0.15) is 5.01 Å². The van der Waals surface area contributed by atoms with Crippen LogP contribution in [-0.2, 0) is 14.4 Å². The Bertz CT molecular complexity index is 614. The van der Waals surface area contributed by atoms with E-state index in [0.29, 0.717) is 25.8 Å². The number of rotatable bonds is 4. The van der Waals surface area contributed by atoms with E-state index in [1.54, 1.807) is 19.0 Å². The van der Waals surface area contributed by atoms with Crippen LogP contribution in [0.25, 0.3) is 0 Å². The summed E-state index contributed by atoms with van der Waals surface area (Å²) in [5.41, 5.74) is 1.57. The molecule has 0 aromatic carbocycles. The molecule has 2 N–H and O–H groups in total. The molecule has 3 rings (SSSR count). The van der Waals surface area contributed by atoms with Crippen LogP contribution >= 0.6 is 0 Å². The average molecular weight is 365 g/mol. The maximum atomic E-state index is 12.7. The standard InChI is InChI=1S/C17H27N5O4/c1-20(2)14(24)12-7-6-10-21(12)11-13(23)19-22-15(25)17(18-16(22)26)8-4-3-5-9-17/h12H,3-11H2,1-2H3,(H,18,26)(H,19,23). The number of imide groups is 1. The lowest BCUT2D eigenvalue weighted by Crippen LogP contribution is -2.53. The zero-order chi connectivity index (χ0) is 18.9. The molecule has 0 bridgehead atoms. The van der Waals surface area contributed by atoms with Crippen molar-refractivity contribution in [1.29, 1.82) is 0 Å². The molecule has 3 aliphatic rings. The summed E-state index contributed by atoms with van der Waals surface area (Å²) in [7, 11) is 3.38. The Morgan fingerprint density at radius 3 is 2.54 bits per heavy atom. The Labute approximate surface area is 153 Å². The van der Waals surface area contributed by atoms with Crippen molar-refractivity contribution in [2.75, 3.05) is 27.2 Å². The third-order valence-corrected chi connectivity index (χ3v) is 5.54. The first kappa shape index (κ1) is 18.6. The first-order valence-electron chi connectivity index (χ1n) is 9.25. The van der Waals surface area contributed by atoms with E-state index in [1.165, 1.54) is 4.90 Å². The molecule has 9 nitrogen and oxygen atoms in total. The van der Waals surface area contributed by atoms with E-state index in [9.17, 15) is 19.2 Å². The van der Waals surface area contributed by atoms with Crippen molar-refractivity contribution in [3.63, 3.8) is 0 Å². The highest BCUT2D eigenvalue weighted by atomic mass is 16.2. The lowest BCUT2D eigenvalue weighted by Gasteiger charge is -2.30. The molecule has 1 atom stereocenters. The van der Waals surface area contributed by atoms with Gasteiger partial charge in [-0.25, -0.2) is 4.79 Å². The maximum Gasteiger partial charge on any atom is 0.344 e. The molecule has 0 aromatic heterocycles. The molecule has 5 amide bonds. The van der Waals surface area contributed by atoms with E-state index in [2.05, 4.69) is 10.7 Å². The number of nitrogens with zero attached hydrogens (tertiary/aromatic N) is 3. The zero-order valence-corrected chi connectivity index (χ0v) is 15.4. The van der Waals surface area contributed by atoms with Crippen LogP contribution in [0.4, 0.5) is 4.79 Å². The second-order valence-corrected chi connectivity index (χ2v) is 7.61. The SMILES string of the molecule is CN(C)C(=O)C1CCCN1CC(=O)NN1C(=O)NC2(CCCCC2)C1=O. The van der Waals surface area contributed by atoms with Crippen LogP contribution < -0.4 is 10.7 Å². The van der Waals surface area contributed by atoms with Crippen molar-refractivity contribution in [2.24, 2.45) is 0 Å². The largest absolute Gasteiger partial charge is 0.347 e. The number of likely N-dealkylation sites (N-methyl/N-ethyl adjacent to an activating group) is 1. The highest BCUT2D eigenvalue weighted by Gasteiger charge is 2.52. The molecular formula is C17H27N5O4. The maximum absolute atomic E-state index is 12.7. The topological polar surface area (TPSA) is 102 Å². The Morgan fingerprint density at radius 2 is 1.88 bits per heavy atom. The highest BCUT2D eigenvalue weighted by Crippen LogP contribution is 2.33. The minimum absolute atomic E-state index is 0.0195. The summed E-state index contributed by atoms with van der Waals surface area (Å²) in [6, 6.07) is -0.906. The van der Waals surface area contributed by atoms with Crippen LogP contribution in [0.2, 0.25) is 0 Å². The van der Waals surface area contributed by atoms with Gasteiger partial charge in [0.2, 0.25) is 5.91 Å². The van der Waals surface area contributed by atoms with E-state index in [1.807, 2.05) is 0 Å². The van der Waals surface area contributed by atoms with E-state index in [-0.39, 0.29) is 24.4 Å². The summed E-state index contributed by atoms with van der Waals surface area (Å²) in [4.78, 5) is 52.8. The van der Waals surface area contributed by atoms with Crippen molar-refractivity contribution in [3.05, 3.63) is 0 Å². The van der Waals surface area contributed by atoms with Crippen LogP contribution in [-0.4, -0.2) is 77.3 Å². The van der Waals surface area contributed by atoms with Crippen molar-refractivity contribution < 1.29 is 19.2 Å². The van der Waals surface area contributed by atoms with Crippen LogP contribution in [0.15, 0.2) is 0 Å². The second kappa shape index (κ2) is 7.22. The minimum atomic E-state index is -0.861. The number of hydrogen-bond acceptors (Lipinski definition) is 5. The number of carbonyl (C=O) groups is 4. The fraction of sp³-hybridized carbons (Fsp3) is 0.765. The van der Waals surface area contributed by atoms with Crippen molar-refractivity contribution in [1.82, 2.24) is 25.6 Å². The number of carbonyl (C=O) groups excluding carboxylic acids is 4. The molecule has 0 aromatic rings. The molecule has 1 aliphatic carbocycles. The molecule has 0 radical (unpaired) electrons. The molecule has 2 saturated heterocycles.